The molecular weight excluding hydrogens is 461 g/mol. The van der Waals surface area contributed by atoms with Crippen molar-refractivity contribution in [3.05, 3.63) is 74.9 Å². The van der Waals surface area contributed by atoms with Crippen molar-refractivity contribution < 1.29 is 9.53 Å². The molecule has 2 unspecified atom stereocenters. The average Bonchev–Trinajstić information content (AvgIpc) is 3.15. The Morgan fingerprint density at radius 1 is 1.18 bits per heavy atom. The molecule has 4 rings (SSSR count). The van der Waals surface area contributed by atoms with E-state index in [0.717, 1.165) is 37.9 Å². The van der Waals surface area contributed by atoms with Gasteiger partial charge in [-0.1, -0.05) is 37.3 Å². The van der Waals surface area contributed by atoms with E-state index in [1.165, 1.54) is 25.8 Å². The Balaban J connectivity index is 1.42. The number of carbonyl (C=O) groups excluding carboxylic acids is 1. The lowest BCUT2D eigenvalue weighted by Crippen LogP contribution is -2.31. The van der Waals surface area contributed by atoms with Crippen LogP contribution in [0.15, 0.2) is 54.6 Å². The highest BCUT2D eigenvalue weighted by Gasteiger charge is 2.55. The van der Waals surface area contributed by atoms with Crippen LogP contribution >= 0.6 is 22.6 Å². The van der Waals surface area contributed by atoms with Gasteiger partial charge in [0.05, 0.1) is 12.0 Å². The zero-order chi connectivity index (χ0) is 19.7. The fourth-order valence-electron chi connectivity index (χ4n) is 4.60. The molecular formula is C24H26INO2. The van der Waals surface area contributed by atoms with Gasteiger partial charge in [0.2, 0.25) is 0 Å². The van der Waals surface area contributed by atoms with E-state index in [2.05, 4.69) is 83.9 Å². The van der Waals surface area contributed by atoms with Gasteiger partial charge in [-0.25, -0.2) is 0 Å². The molecule has 2 aromatic carbocycles. The highest BCUT2D eigenvalue weighted by molar-refractivity contribution is 14.1. The van der Waals surface area contributed by atoms with Crippen molar-refractivity contribution in [2.75, 3.05) is 11.9 Å². The zero-order valence-electron chi connectivity index (χ0n) is 16.3. The Kier molecular flexibility index (Phi) is 5.50. The topological polar surface area (TPSA) is 38.3 Å². The standard InChI is InChI=1S/C24H26INO2/c1-3-17-9-19(11-21(25)10-17)14-26-22-6-4-18(5-7-22)13-24-12-16(2)8-20(24)15-28-23(24)27/h4-7,9-11,20,26H,2-3,8,12-15H2,1H3. The first-order valence-corrected chi connectivity index (χ1v) is 11.0. The number of benzene rings is 2. The Morgan fingerprint density at radius 2 is 1.93 bits per heavy atom. The largest absolute Gasteiger partial charge is 0.465 e. The molecule has 1 aliphatic heterocycles. The van der Waals surface area contributed by atoms with Crippen molar-refractivity contribution >= 4 is 34.2 Å². The molecule has 3 nitrogen and oxygen atoms in total. The van der Waals surface area contributed by atoms with Crippen LogP contribution in [0, 0.1) is 14.9 Å². The van der Waals surface area contributed by atoms with Crippen LogP contribution in [0.2, 0.25) is 0 Å². The first-order valence-electron chi connectivity index (χ1n) is 9.93. The minimum Gasteiger partial charge on any atom is -0.465 e. The first kappa shape index (κ1) is 19.5. The number of ether oxygens (including phenoxy) is 1. The molecule has 0 spiro atoms. The number of fused-ring (bicyclic) bond motifs is 1. The van der Waals surface area contributed by atoms with Crippen molar-refractivity contribution in [2.45, 2.75) is 39.2 Å². The third kappa shape index (κ3) is 3.84. The van der Waals surface area contributed by atoms with E-state index in [1.807, 2.05) is 0 Å². The molecule has 1 saturated heterocycles. The molecule has 4 heteroatoms. The van der Waals surface area contributed by atoms with Crippen molar-refractivity contribution in [1.29, 1.82) is 0 Å². The third-order valence-electron chi connectivity index (χ3n) is 6.10. The highest BCUT2D eigenvalue weighted by atomic mass is 127. The summed E-state index contributed by atoms with van der Waals surface area (Å²) in [7, 11) is 0. The normalized spacial score (nSPS) is 23.6. The predicted molar refractivity (Wildman–Crippen MR) is 121 cm³/mol. The molecule has 1 heterocycles. The Morgan fingerprint density at radius 3 is 2.68 bits per heavy atom. The molecule has 1 N–H and O–H groups in total. The van der Waals surface area contributed by atoms with Crippen LogP contribution in [-0.2, 0) is 28.9 Å². The summed E-state index contributed by atoms with van der Waals surface area (Å²) in [6.45, 7) is 7.67. The van der Waals surface area contributed by atoms with Crippen molar-refractivity contribution in [3.8, 4) is 0 Å². The number of carbonyl (C=O) groups is 1. The van der Waals surface area contributed by atoms with Crippen LogP contribution in [0.3, 0.4) is 0 Å². The monoisotopic (exact) mass is 487 g/mol. The van der Waals surface area contributed by atoms with Gasteiger partial charge in [0, 0.05) is 21.7 Å². The number of halogens is 1. The quantitative estimate of drug-likeness (QED) is 0.332. The summed E-state index contributed by atoms with van der Waals surface area (Å²) in [6.07, 6.45) is 3.48. The minimum atomic E-state index is -0.386. The van der Waals surface area contributed by atoms with E-state index in [1.54, 1.807) is 0 Å². The second kappa shape index (κ2) is 7.90. The molecule has 2 aromatic rings. The first-order chi connectivity index (χ1) is 13.5. The summed E-state index contributed by atoms with van der Waals surface area (Å²) in [6, 6.07) is 15.2. The van der Waals surface area contributed by atoms with Crippen LogP contribution < -0.4 is 5.32 Å². The SMILES string of the molecule is C=C1CC2COC(=O)C2(Cc2ccc(NCc3cc(I)cc(CC)c3)cc2)C1. The fourth-order valence-corrected chi connectivity index (χ4v) is 5.40. The summed E-state index contributed by atoms with van der Waals surface area (Å²) >= 11 is 2.38. The van der Waals surface area contributed by atoms with Gasteiger partial charge in [0.15, 0.2) is 0 Å². The zero-order valence-corrected chi connectivity index (χ0v) is 18.4. The molecule has 2 atom stereocenters. The number of hydrogen-bond acceptors (Lipinski definition) is 3. The maximum atomic E-state index is 12.5. The molecule has 0 amide bonds. The minimum absolute atomic E-state index is 0.0382. The summed E-state index contributed by atoms with van der Waals surface area (Å²) in [5.74, 6) is 0.252. The van der Waals surface area contributed by atoms with Gasteiger partial charge < -0.3 is 10.1 Å². The smallest absolute Gasteiger partial charge is 0.313 e. The maximum Gasteiger partial charge on any atom is 0.313 e. The number of nitrogens with one attached hydrogen (secondary N) is 1. The number of aryl methyl sites for hydroxylation is 1. The van der Waals surface area contributed by atoms with E-state index < -0.39 is 0 Å². The molecule has 0 aromatic heterocycles. The molecule has 28 heavy (non-hydrogen) atoms. The van der Waals surface area contributed by atoms with Gasteiger partial charge >= 0.3 is 5.97 Å². The molecule has 2 aliphatic rings. The van der Waals surface area contributed by atoms with Crippen molar-refractivity contribution in [1.82, 2.24) is 0 Å². The lowest BCUT2D eigenvalue weighted by molar-refractivity contribution is -0.146. The van der Waals surface area contributed by atoms with Crippen molar-refractivity contribution in [3.63, 3.8) is 0 Å². The number of anilines is 1. The molecule has 2 fully saturated rings. The van der Waals surface area contributed by atoms with Crippen LogP contribution in [-0.4, -0.2) is 12.6 Å². The summed E-state index contributed by atoms with van der Waals surface area (Å²) in [4.78, 5) is 12.5. The fraction of sp³-hybridized carbons (Fsp3) is 0.375. The Labute approximate surface area is 180 Å². The number of rotatable bonds is 6. The summed E-state index contributed by atoms with van der Waals surface area (Å²) in [5, 5.41) is 3.51. The number of esters is 1. The average molecular weight is 487 g/mol. The van der Waals surface area contributed by atoms with Crippen LogP contribution in [0.1, 0.15) is 36.5 Å². The van der Waals surface area contributed by atoms with Gasteiger partial charge in [-0.15, -0.1) is 0 Å². The van der Waals surface area contributed by atoms with E-state index in [9.17, 15) is 4.79 Å². The van der Waals surface area contributed by atoms with Gasteiger partial charge in [0.25, 0.3) is 0 Å². The molecule has 1 aliphatic carbocycles. The van der Waals surface area contributed by atoms with Gasteiger partial charge in [-0.05, 0) is 89.2 Å². The molecule has 146 valence electrons. The number of hydrogen-bond donors (Lipinski definition) is 1. The lowest BCUT2D eigenvalue weighted by Gasteiger charge is -2.24. The summed E-state index contributed by atoms with van der Waals surface area (Å²) < 4.78 is 6.67. The maximum absolute atomic E-state index is 12.5. The third-order valence-corrected chi connectivity index (χ3v) is 6.72. The molecule has 0 radical (unpaired) electrons. The van der Waals surface area contributed by atoms with Gasteiger partial charge in [0.1, 0.15) is 0 Å². The summed E-state index contributed by atoms with van der Waals surface area (Å²) in [5.41, 5.74) is 5.75. The molecule has 1 saturated carbocycles. The van der Waals surface area contributed by atoms with E-state index in [4.69, 9.17) is 4.74 Å². The van der Waals surface area contributed by atoms with Crippen LogP contribution in [0.25, 0.3) is 0 Å². The Bertz CT molecular complexity index is 905. The van der Waals surface area contributed by atoms with E-state index in [-0.39, 0.29) is 11.4 Å². The van der Waals surface area contributed by atoms with Crippen molar-refractivity contribution in [2.24, 2.45) is 11.3 Å². The Hall–Kier alpha value is -1.82. The second-order valence-electron chi connectivity index (χ2n) is 8.13. The van der Waals surface area contributed by atoms with E-state index in [0.29, 0.717) is 12.5 Å². The second-order valence-corrected chi connectivity index (χ2v) is 9.38. The van der Waals surface area contributed by atoms with Crippen LogP contribution in [0.4, 0.5) is 5.69 Å². The molecule has 0 bridgehead atoms. The number of cyclic esters (lactones) is 1. The van der Waals surface area contributed by atoms with E-state index >= 15 is 0 Å². The van der Waals surface area contributed by atoms with Crippen LogP contribution in [0.5, 0.6) is 0 Å². The number of allylic oxidation sites excluding steroid dienone is 1. The predicted octanol–water partition coefficient (Wildman–Crippen LogP) is 5.52. The van der Waals surface area contributed by atoms with Gasteiger partial charge in [-0.2, -0.15) is 0 Å². The lowest BCUT2D eigenvalue weighted by atomic mass is 9.75. The van der Waals surface area contributed by atoms with Gasteiger partial charge in [-0.3, -0.25) is 4.79 Å². The highest BCUT2D eigenvalue weighted by Crippen LogP contribution is 2.52.